The SMILES string of the molecule is c1ccc(-n2c3ccccc3c3ccc(-c4ccc(N(c5ccc(-c6cccc7sc8ccccc8c67)cc5)c5ccc6c(c5)oc5ccccc56)cc4)cc32)cc1. The van der Waals surface area contributed by atoms with Gasteiger partial charge in [-0.25, -0.2) is 0 Å². The van der Waals surface area contributed by atoms with Crippen LogP contribution in [0.25, 0.3) is 91.9 Å². The minimum atomic E-state index is 0.870. The molecule has 0 fully saturated rings. The molecule has 0 N–H and O–H groups in total. The van der Waals surface area contributed by atoms with Gasteiger partial charge in [-0.3, -0.25) is 0 Å². The zero-order valence-corrected chi connectivity index (χ0v) is 32.2. The van der Waals surface area contributed by atoms with Crippen LogP contribution in [0.15, 0.2) is 211 Å². The van der Waals surface area contributed by atoms with Crippen LogP contribution in [0.3, 0.4) is 0 Å². The lowest BCUT2D eigenvalue weighted by atomic mass is 9.99. The number of nitrogens with zero attached hydrogens (tertiary/aromatic N) is 2. The van der Waals surface area contributed by atoms with E-state index in [1.165, 1.54) is 58.7 Å². The maximum Gasteiger partial charge on any atom is 0.137 e. The Morgan fingerprint density at radius 3 is 1.81 bits per heavy atom. The molecule has 0 atom stereocenters. The van der Waals surface area contributed by atoms with Gasteiger partial charge >= 0.3 is 0 Å². The first-order valence-corrected chi connectivity index (χ1v) is 20.5. The minimum Gasteiger partial charge on any atom is -0.456 e. The molecular formula is C54H34N2OS. The van der Waals surface area contributed by atoms with E-state index in [4.69, 9.17) is 4.42 Å². The van der Waals surface area contributed by atoms with Crippen LogP contribution in [-0.2, 0) is 0 Å². The molecular weight excluding hydrogens is 725 g/mol. The molecule has 3 nitrogen and oxygen atoms in total. The van der Waals surface area contributed by atoms with Gasteiger partial charge in [-0.15, -0.1) is 11.3 Å². The molecule has 0 saturated heterocycles. The van der Waals surface area contributed by atoms with Crippen molar-refractivity contribution in [3.63, 3.8) is 0 Å². The molecule has 4 heteroatoms. The molecule has 0 spiro atoms. The molecule has 0 aliphatic heterocycles. The molecule has 12 aromatic rings. The Bertz CT molecular complexity index is 3500. The quantitative estimate of drug-likeness (QED) is 0.168. The van der Waals surface area contributed by atoms with Gasteiger partial charge in [0, 0.05) is 70.5 Å². The van der Waals surface area contributed by atoms with Gasteiger partial charge in [-0.1, -0.05) is 121 Å². The maximum atomic E-state index is 6.41. The number of hydrogen-bond acceptors (Lipinski definition) is 3. The molecule has 0 unspecified atom stereocenters. The number of hydrogen-bond donors (Lipinski definition) is 0. The highest BCUT2D eigenvalue weighted by molar-refractivity contribution is 7.25. The summed E-state index contributed by atoms with van der Waals surface area (Å²) in [6.45, 7) is 0. The Morgan fingerprint density at radius 1 is 0.379 bits per heavy atom. The molecule has 0 aliphatic carbocycles. The second-order valence-electron chi connectivity index (χ2n) is 14.9. The van der Waals surface area contributed by atoms with E-state index in [0.29, 0.717) is 0 Å². The standard InChI is InChI=1S/C54H34N2OS/c1-2-11-38(12-3-1)56-48-17-7-4-13-43(48)44-31-25-37(33-49(44)56)35-21-26-39(27-22-35)55(41-30-32-46-45-14-5-8-18-50(45)57-51(46)34-41)40-28-23-36(24-29-40)42-16-10-20-53-54(42)47-15-6-9-19-52(47)58-53/h1-34H. The van der Waals surface area contributed by atoms with Crippen LogP contribution >= 0.6 is 11.3 Å². The summed E-state index contributed by atoms with van der Waals surface area (Å²) in [5.74, 6) is 0. The molecule has 0 aliphatic rings. The molecule has 12 rings (SSSR count). The summed E-state index contributed by atoms with van der Waals surface area (Å²) in [5, 5.41) is 7.38. The first kappa shape index (κ1) is 32.8. The highest BCUT2D eigenvalue weighted by atomic mass is 32.1. The van der Waals surface area contributed by atoms with Crippen molar-refractivity contribution in [2.75, 3.05) is 4.90 Å². The number of benzene rings is 9. The molecule has 0 radical (unpaired) electrons. The third kappa shape index (κ3) is 5.19. The number of furan rings is 1. The van der Waals surface area contributed by atoms with Crippen molar-refractivity contribution >= 4 is 92.3 Å². The Labute approximate surface area is 338 Å². The first-order valence-electron chi connectivity index (χ1n) is 19.7. The van der Waals surface area contributed by atoms with Crippen molar-refractivity contribution in [2.45, 2.75) is 0 Å². The third-order valence-corrected chi connectivity index (χ3v) is 12.7. The van der Waals surface area contributed by atoms with Crippen molar-refractivity contribution in [1.29, 1.82) is 0 Å². The van der Waals surface area contributed by atoms with Crippen LogP contribution in [0.2, 0.25) is 0 Å². The fraction of sp³-hybridized carbons (Fsp3) is 0. The molecule has 272 valence electrons. The summed E-state index contributed by atoms with van der Waals surface area (Å²) in [7, 11) is 0. The average molecular weight is 759 g/mol. The van der Waals surface area contributed by atoms with Crippen LogP contribution in [-0.4, -0.2) is 4.57 Å². The van der Waals surface area contributed by atoms with Crippen LogP contribution in [0.5, 0.6) is 0 Å². The highest BCUT2D eigenvalue weighted by Crippen LogP contribution is 2.43. The largest absolute Gasteiger partial charge is 0.456 e. The molecule has 3 heterocycles. The number of fused-ring (bicyclic) bond motifs is 9. The van der Waals surface area contributed by atoms with Crippen molar-refractivity contribution in [3.8, 4) is 27.9 Å². The Hall–Kier alpha value is -7.40. The topological polar surface area (TPSA) is 21.3 Å². The van der Waals surface area contributed by atoms with Crippen LogP contribution in [0.4, 0.5) is 17.1 Å². The third-order valence-electron chi connectivity index (χ3n) is 11.6. The van der Waals surface area contributed by atoms with Gasteiger partial charge in [0.1, 0.15) is 11.2 Å². The zero-order chi connectivity index (χ0) is 38.2. The van der Waals surface area contributed by atoms with Crippen molar-refractivity contribution in [1.82, 2.24) is 4.57 Å². The van der Waals surface area contributed by atoms with Gasteiger partial charge in [-0.05, 0) is 101 Å². The fourth-order valence-electron chi connectivity index (χ4n) is 8.91. The Morgan fingerprint density at radius 2 is 0.983 bits per heavy atom. The van der Waals surface area contributed by atoms with E-state index in [-0.39, 0.29) is 0 Å². The Balaban J connectivity index is 0.973. The zero-order valence-electron chi connectivity index (χ0n) is 31.3. The molecule has 3 aromatic heterocycles. The summed E-state index contributed by atoms with van der Waals surface area (Å²) in [6.07, 6.45) is 0. The molecule has 0 bridgehead atoms. The number of aromatic nitrogens is 1. The number of para-hydroxylation sites is 3. The van der Waals surface area contributed by atoms with Crippen molar-refractivity contribution in [3.05, 3.63) is 206 Å². The van der Waals surface area contributed by atoms with Crippen LogP contribution in [0, 0.1) is 0 Å². The first-order chi connectivity index (χ1) is 28.7. The van der Waals surface area contributed by atoms with Gasteiger partial charge in [-0.2, -0.15) is 0 Å². The van der Waals surface area contributed by atoms with Crippen molar-refractivity contribution < 1.29 is 4.42 Å². The summed E-state index contributed by atoms with van der Waals surface area (Å²) < 4.78 is 11.4. The van der Waals surface area contributed by atoms with E-state index in [0.717, 1.165) is 50.3 Å². The van der Waals surface area contributed by atoms with E-state index in [1.54, 1.807) is 0 Å². The molecule has 0 amide bonds. The van der Waals surface area contributed by atoms with Crippen LogP contribution < -0.4 is 4.90 Å². The number of anilines is 3. The van der Waals surface area contributed by atoms with E-state index in [1.807, 2.05) is 23.5 Å². The molecule has 0 saturated carbocycles. The molecule has 58 heavy (non-hydrogen) atoms. The smallest absolute Gasteiger partial charge is 0.137 e. The monoisotopic (exact) mass is 758 g/mol. The van der Waals surface area contributed by atoms with Crippen LogP contribution in [0.1, 0.15) is 0 Å². The lowest BCUT2D eigenvalue weighted by Gasteiger charge is -2.26. The average Bonchev–Trinajstić information content (AvgIpc) is 3.96. The van der Waals surface area contributed by atoms with Gasteiger partial charge in [0.05, 0.1) is 11.0 Å². The fourth-order valence-corrected chi connectivity index (χ4v) is 10.0. The normalized spacial score (nSPS) is 11.8. The summed E-state index contributed by atoms with van der Waals surface area (Å²) in [4.78, 5) is 2.33. The number of rotatable bonds is 6. The summed E-state index contributed by atoms with van der Waals surface area (Å²) >= 11 is 1.86. The number of thiophene rings is 1. The minimum absolute atomic E-state index is 0.870. The van der Waals surface area contributed by atoms with Gasteiger partial charge in [0.15, 0.2) is 0 Å². The van der Waals surface area contributed by atoms with Gasteiger partial charge in [0.2, 0.25) is 0 Å². The predicted octanol–water partition coefficient (Wildman–Crippen LogP) is 15.9. The van der Waals surface area contributed by atoms with Gasteiger partial charge in [0.25, 0.3) is 0 Å². The van der Waals surface area contributed by atoms with Crippen molar-refractivity contribution in [2.24, 2.45) is 0 Å². The second-order valence-corrected chi connectivity index (χ2v) is 16.0. The Kier molecular flexibility index (Phi) is 7.40. The van der Waals surface area contributed by atoms with Gasteiger partial charge < -0.3 is 13.9 Å². The van der Waals surface area contributed by atoms with E-state index < -0.39 is 0 Å². The van der Waals surface area contributed by atoms with E-state index in [2.05, 4.69) is 204 Å². The van der Waals surface area contributed by atoms with E-state index in [9.17, 15) is 0 Å². The second kappa shape index (κ2) is 13.1. The highest BCUT2D eigenvalue weighted by Gasteiger charge is 2.18. The summed E-state index contributed by atoms with van der Waals surface area (Å²) in [5.41, 5.74) is 13.3. The summed E-state index contributed by atoms with van der Waals surface area (Å²) in [6, 6.07) is 74.4. The lowest BCUT2D eigenvalue weighted by Crippen LogP contribution is -2.09. The maximum absolute atomic E-state index is 6.41. The van der Waals surface area contributed by atoms with E-state index >= 15 is 0 Å². The lowest BCUT2D eigenvalue weighted by molar-refractivity contribution is 0.669. The molecule has 9 aromatic carbocycles. The predicted molar refractivity (Wildman–Crippen MR) is 247 cm³/mol.